The molecule has 1 saturated heterocycles. The Kier molecular flexibility index (Phi) is 5.39. The Morgan fingerprint density at radius 1 is 1.37 bits per heavy atom. The van der Waals surface area contributed by atoms with E-state index < -0.39 is 0 Å². The van der Waals surface area contributed by atoms with Crippen molar-refractivity contribution in [3.8, 4) is 0 Å². The first kappa shape index (κ1) is 15.0. The summed E-state index contributed by atoms with van der Waals surface area (Å²) in [6.07, 6.45) is 1.27. The van der Waals surface area contributed by atoms with Gasteiger partial charge in [-0.25, -0.2) is 0 Å². The fourth-order valence-corrected chi connectivity index (χ4v) is 3.66. The van der Waals surface area contributed by atoms with Gasteiger partial charge >= 0.3 is 0 Å². The van der Waals surface area contributed by atoms with Gasteiger partial charge in [0.25, 0.3) is 0 Å². The maximum atomic E-state index is 2.52. The monoisotopic (exact) mass is 281 g/mol. The van der Waals surface area contributed by atoms with E-state index in [1.165, 1.54) is 43.0 Å². The Morgan fingerprint density at radius 3 is 2.84 bits per heavy atom. The van der Waals surface area contributed by atoms with E-state index in [0.717, 1.165) is 6.54 Å². The largest absolute Gasteiger partial charge is 0.304 e. The van der Waals surface area contributed by atoms with E-state index in [1.54, 1.807) is 0 Å². The van der Waals surface area contributed by atoms with Gasteiger partial charge in [0, 0.05) is 37.1 Å². The van der Waals surface area contributed by atoms with E-state index in [2.05, 4.69) is 54.2 Å². The van der Waals surface area contributed by atoms with Gasteiger partial charge in [-0.15, -0.1) is 11.3 Å². The van der Waals surface area contributed by atoms with Gasteiger partial charge in [-0.3, -0.25) is 0 Å². The van der Waals surface area contributed by atoms with Crippen molar-refractivity contribution >= 4 is 11.3 Å². The van der Waals surface area contributed by atoms with Crippen LogP contribution in [0, 0.1) is 6.92 Å². The van der Waals surface area contributed by atoms with E-state index >= 15 is 0 Å². The molecule has 2 heterocycles. The van der Waals surface area contributed by atoms with Crippen LogP contribution in [0.2, 0.25) is 0 Å². The van der Waals surface area contributed by atoms with Crippen LogP contribution in [-0.4, -0.2) is 68.1 Å². The van der Waals surface area contributed by atoms with Crippen LogP contribution in [0.25, 0.3) is 0 Å². The van der Waals surface area contributed by atoms with Crippen LogP contribution in [0.15, 0.2) is 11.4 Å². The molecule has 4 heteroatoms. The van der Waals surface area contributed by atoms with Crippen molar-refractivity contribution in [3.63, 3.8) is 0 Å². The zero-order chi connectivity index (χ0) is 13.8. The van der Waals surface area contributed by atoms with Crippen LogP contribution in [-0.2, 0) is 6.54 Å². The second-order valence-electron chi connectivity index (χ2n) is 5.95. The number of aryl methyl sites for hydroxylation is 1. The van der Waals surface area contributed by atoms with Crippen LogP contribution in [0.4, 0.5) is 0 Å². The first-order chi connectivity index (χ1) is 9.06. The Balaban J connectivity index is 1.76. The lowest BCUT2D eigenvalue weighted by atomic mass is 10.1. The zero-order valence-electron chi connectivity index (χ0n) is 12.7. The summed E-state index contributed by atoms with van der Waals surface area (Å²) in [5.41, 5.74) is 1.44. The maximum Gasteiger partial charge on any atom is 0.0327 e. The molecule has 1 unspecified atom stereocenters. The molecule has 1 aliphatic rings. The Hall–Kier alpha value is -0.420. The van der Waals surface area contributed by atoms with Gasteiger partial charge in [-0.05, 0) is 58.0 Å². The highest BCUT2D eigenvalue weighted by Gasteiger charge is 2.22. The second kappa shape index (κ2) is 6.84. The molecule has 0 radical (unpaired) electrons. The quantitative estimate of drug-likeness (QED) is 0.818. The van der Waals surface area contributed by atoms with Crippen LogP contribution in [0.3, 0.4) is 0 Å². The summed E-state index contributed by atoms with van der Waals surface area (Å²) in [5, 5.41) is 2.20. The van der Waals surface area contributed by atoms with E-state index in [1.807, 2.05) is 11.3 Å². The third kappa shape index (κ3) is 4.28. The molecule has 0 amide bonds. The third-order valence-corrected chi connectivity index (χ3v) is 5.21. The lowest BCUT2D eigenvalue weighted by Gasteiger charge is -2.38. The van der Waals surface area contributed by atoms with Crippen LogP contribution < -0.4 is 0 Å². The summed E-state index contributed by atoms with van der Waals surface area (Å²) in [6, 6.07) is 2.93. The molecule has 108 valence electrons. The normalized spacial score (nSPS) is 22.3. The molecule has 1 atom stereocenters. The molecule has 3 nitrogen and oxygen atoms in total. The molecule has 1 aliphatic heterocycles. The Morgan fingerprint density at radius 2 is 2.16 bits per heavy atom. The molecule has 1 fully saturated rings. The molecular formula is C15H27N3S. The van der Waals surface area contributed by atoms with E-state index in [9.17, 15) is 0 Å². The lowest BCUT2D eigenvalue weighted by molar-refractivity contribution is 0.101. The van der Waals surface area contributed by atoms with Crippen molar-refractivity contribution < 1.29 is 0 Å². The molecule has 1 aromatic heterocycles. The standard InChI is InChI=1S/C15H27N3S/c1-13-6-10-19-15(13)12-16(2)7-5-14-11-17(3)8-9-18(14)4/h6,10,14H,5,7-9,11-12H2,1-4H3. The molecule has 0 bridgehead atoms. The predicted molar refractivity (Wildman–Crippen MR) is 83.9 cm³/mol. The lowest BCUT2D eigenvalue weighted by Crippen LogP contribution is -2.50. The van der Waals surface area contributed by atoms with Crippen molar-refractivity contribution in [3.05, 3.63) is 21.9 Å². The number of thiophene rings is 1. The van der Waals surface area contributed by atoms with Crippen molar-refractivity contribution in [2.24, 2.45) is 0 Å². The number of piperazine rings is 1. The van der Waals surface area contributed by atoms with Gasteiger partial charge < -0.3 is 14.7 Å². The molecule has 0 aromatic carbocycles. The fourth-order valence-electron chi connectivity index (χ4n) is 2.67. The minimum atomic E-state index is 0.714. The molecule has 0 aliphatic carbocycles. The molecular weight excluding hydrogens is 254 g/mol. The van der Waals surface area contributed by atoms with Gasteiger partial charge in [0.1, 0.15) is 0 Å². The second-order valence-corrected chi connectivity index (χ2v) is 6.95. The molecule has 19 heavy (non-hydrogen) atoms. The summed E-state index contributed by atoms with van der Waals surface area (Å²) >= 11 is 1.88. The number of rotatable bonds is 5. The van der Waals surface area contributed by atoms with Crippen LogP contribution >= 0.6 is 11.3 Å². The Labute approximate surface area is 121 Å². The minimum absolute atomic E-state index is 0.714. The first-order valence-electron chi connectivity index (χ1n) is 7.16. The summed E-state index contributed by atoms with van der Waals surface area (Å²) in [5.74, 6) is 0. The number of likely N-dealkylation sites (N-methyl/N-ethyl adjacent to an activating group) is 2. The van der Waals surface area contributed by atoms with Crippen LogP contribution in [0.1, 0.15) is 16.9 Å². The smallest absolute Gasteiger partial charge is 0.0327 e. The number of hydrogen-bond acceptors (Lipinski definition) is 4. The van der Waals surface area contributed by atoms with Gasteiger partial charge in [-0.1, -0.05) is 0 Å². The van der Waals surface area contributed by atoms with Crippen molar-refractivity contribution in [1.82, 2.24) is 14.7 Å². The van der Waals surface area contributed by atoms with E-state index in [4.69, 9.17) is 0 Å². The van der Waals surface area contributed by atoms with Gasteiger partial charge in [-0.2, -0.15) is 0 Å². The highest BCUT2D eigenvalue weighted by molar-refractivity contribution is 7.10. The zero-order valence-corrected chi connectivity index (χ0v) is 13.5. The summed E-state index contributed by atoms with van der Waals surface area (Å²) < 4.78 is 0. The van der Waals surface area contributed by atoms with Gasteiger partial charge in [0.15, 0.2) is 0 Å². The average molecular weight is 281 g/mol. The highest BCUT2D eigenvalue weighted by Crippen LogP contribution is 2.18. The highest BCUT2D eigenvalue weighted by atomic mass is 32.1. The van der Waals surface area contributed by atoms with Crippen molar-refractivity contribution in [2.45, 2.75) is 25.9 Å². The Bertz CT molecular complexity index is 390. The van der Waals surface area contributed by atoms with Crippen LogP contribution in [0.5, 0.6) is 0 Å². The topological polar surface area (TPSA) is 9.72 Å². The van der Waals surface area contributed by atoms with E-state index in [0.29, 0.717) is 6.04 Å². The maximum absolute atomic E-state index is 2.52. The molecule has 0 spiro atoms. The summed E-state index contributed by atoms with van der Waals surface area (Å²) in [6.45, 7) is 8.11. The first-order valence-corrected chi connectivity index (χ1v) is 8.04. The molecule has 2 rings (SSSR count). The minimum Gasteiger partial charge on any atom is -0.304 e. The van der Waals surface area contributed by atoms with Gasteiger partial charge in [0.2, 0.25) is 0 Å². The van der Waals surface area contributed by atoms with Crippen molar-refractivity contribution in [1.29, 1.82) is 0 Å². The average Bonchev–Trinajstić information content (AvgIpc) is 2.76. The summed E-state index contributed by atoms with van der Waals surface area (Å²) in [7, 11) is 6.74. The summed E-state index contributed by atoms with van der Waals surface area (Å²) in [4.78, 5) is 8.94. The third-order valence-electron chi connectivity index (χ3n) is 4.21. The molecule has 1 aromatic rings. The van der Waals surface area contributed by atoms with Gasteiger partial charge in [0.05, 0.1) is 0 Å². The van der Waals surface area contributed by atoms with Crippen molar-refractivity contribution in [2.75, 3.05) is 47.3 Å². The van der Waals surface area contributed by atoms with E-state index in [-0.39, 0.29) is 0 Å². The fraction of sp³-hybridized carbons (Fsp3) is 0.733. The molecule has 0 saturated carbocycles. The predicted octanol–water partition coefficient (Wildman–Crippen LogP) is 2.12. The number of hydrogen-bond donors (Lipinski definition) is 0. The molecule has 0 N–H and O–H groups in total. The number of nitrogens with zero attached hydrogens (tertiary/aromatic N) is 3. The SMILES string of the molecule is Cc1ccsc1CN(C)CCC1CN(C)CCN1C.